The molecule has 0 radical (unpaired) electrons. The lowest BCUT2D eigenvalue weighted by atomic mass is 9.98. The first-order chi connectivity index (χ1) is 16.6. The number of benzene rings is 2. The van der Waals surface area contributed by atoms with Gasteiger partial charge in [-0.25, -0.2) is 0 Å². The zero-order valence-electron chi connectivity index (χ0n) is 18.8. The molecule has 174 valence electrons. The Balaban J connectivity index is 1.35. The van der Waals surface area contributed by atoms with Crippen LogP contribution in [-0.2, 0) is 20.9 Å². The highest BCUT2D eigenvalue weighted by molar-refractivity contribution is 8.26. The average Bonchev–Trinajstić information content (AvgIpc) is 3.32. The van der Waals surface area contributed by atoms with Crippen molar-refractivity contribution in [1.29, 1.82) is 0 Å². The van der Waals surface area contributed by atoms with Crippen molar-refractivity contribution < 1.29 is 14.3 Å². The number of aromatic nitrogens is 1. The van der Waals surface area contributed by atoms with Crippen molar-refractivity contribution in [3.05, 3.63) is 76.8 Å². The summed E-state index contributed by atoms with van der Waals surface area (Å²) in [5.74, 6) is -0.626. The number of fused-ring (bicyclic) bond motifs is 1. The second-order valence-electron chi connectivity index (χ2n) is 8.73. The fourth-order valence-corrected chi connectivity index (χ4v) is 5.86. The Morgan fingerprint density at radius 2 is 1.79 bits per heavy atom. The number of amides is 1. The maximum atomic E-state index is 13.1. The first-order valence-electron chi connectivity index (χ1n) is 11.6. The molecule has 1 saturated heterocycles. The normalized spacial score (nSPS) is 18.2. The highest BCUT2D eigenvalue weighted by atomic mass is 32.2. The van der Waals surface area contributed by atoms with Crippen molar-refractivity contribution >= 4 is 57.2 Å². The second kappa shape index (κ2) is 10.2. The number of carbonyl (C=O) groups is 2. The van der Waals surface area contributed by atoms with Crippen molar-refractivity contribution in [2.75, 3.05) is 6.54 Å². The summed E-state index contributed by atoms with van der Waals surface area (Å²) < 4.78 is 8.18. The minimum absolute atomic E-state index is 0.0362. The maximum absolute atomic E-state index is 13.1. The van der Waals surface area contributed by atoms with Crippen LogP contribution in [0.15, 0.2) is 65.7 Å². The molecule has 3 aromatic rings. The molecule has 2 heterocycles. The van der Waals surface area contributed by atoms with Gasteiger partial charge in [-0.1, -0.05) is 78.9 Å². The Bertz CT molecular complexity index is 1260. The van der Waals surface area contributed by atoms with E-state index in [0.717, 1.165) is 48.7 Å². The van der Waals surface area contributed by atoms with E-state index in [9.17, 15) is 9.59 Å². The number of ether oxygens (including phenoxy) is 1. The van der Waals surface area contributed by atoms with E-state index >= 15 is 0 Å². The summed E-state index contributed by atoms with van der Waals surface area (Å²) in [6.07, 6.45) is 9.07. The summed E-state index contributed by atoms with van der Waals surface area (Å²) in [4.78, 5) is 27.5. The minimum atomic E-state index is -0.385. The number of hydrogen-bond donors (Lipinski definition) is 0. The summed E-state index contributed by atoms with van der Waals surface area (Å²) in [5.41, 5.74) is 3.26. The lowest BCUT2D eigenvalue weighted by Gasteiger charge is -2.23. The zero-order valence-corrected chi connectivity index (χ0v) is 20.4. The van der Waals surface area contributed by atoms with E-state index in [-0.39, 0.29) is 24.5 Å². The predicted molar refractivity (Wildman–Crippen MR) is 140 cm³/mol. The van der Waals surface area contributed by atoms with Crippen molar-refractivity contribution in [1.82, 2.24) is 9.47 Å². The van der Waals surface area contributed by atoms with E-state index < -0.39 is 0 Å². The molecule has 0 atom stereocenters. The van der Waals surface area contributed by atoms with Crippen LogP contribution in [0, 0.1) is 0 Å². The van der Waals surface area contributed by atoms with E-state index in [1.54, 1.807) is 0 Å². The van der Waals surface area contributed by atoms with Crippen LogP contribution in [0.4, 0.5) is 0 Å². The average molecular weight is 491 g/mol. The summed E-state index contributed by atoms with van der Waals surface area (Å²) in [6, 6.07) is 18.4. The van der Waals surface area contributed by atoms with Gasteiger partial charge in [0.1, 0.15) is 17.0 Å². The van der Waals surface area contributed by atoms with Crippen LogP contribution in [-0.4, -0.2) is 38.3 Å². The zero-order chi connectivity index (χ0) is 23.5. The highest BCUT2D eigenvalue weighted by Gasteiger charge is 2.34. The molecule has 7 heteroatoms. The van der Waals surface area contributed by atoms with E-state index in [1.807, 2.05) is 36.4 Å². The molecule has 5 nitrogen and oxygen atoms in total. The van der Waals surface area contributed by atoms with Crippen molar-refractivity contribution in [3.8, 4) is 0 Å². The number of thiocarbonyl (C=S) groups is 1. The SMILES string of the molecule is O=C(CN1C(=O)/C(=C/c2cn(Cc3ccccc3)c3ccccc23)SC1=S)OC1CCCCC1. The Labute approximate surface area is 208 Å². The number of carbonyl (C=O) groups excluding carboxylic acids is 2. The highest BCUT2D eigenvalue weighted by Crippen LogP contribution is 2.34. The van der Waals surface area contributed by atoms with Gasteiger partial charge in [0.15, 0.2) is 0 Å². The number of para-hydroxylation sites is 1. The number of thioether (sulfide) groups is 1. The van der Waals surface area contributed by atoms with Crippen LogP contribution in [0.2, 0.25) is 0 Å². The first kappa shape index (κ1) is 22.9. The van der Waals surface area contributed by atoms with Gasteiger partial charge < -0.3 is 9.30 Å². The molecule has 1 amide bonds. The van der Waals surface area contributed by atoms with Gasteiger partial charge in [-0.2, -0.15) is 0 Å². The molecule has 5 rings (SSSR count). The number of hydrogen-bond acceptors (Lipinski definition) is 5. The van der Waals surface area contributed by atoms with Crippen LogP contribution < -0.4 is 0 Å². The molecule has 2 aromatic carbocycles. The Kier molecular flexibility index (Phi) is 6.83. The van der Waals surface area contributed by atoms with Gasteiger partial charge in [0.2, 0.25) is 0 Å². The van der Waals surface area contributed by atoms with E-state index in [2.05, 4.69) is 35.0 Å². The summed E-state index contributed by atoms with van der Waals surface area (Å²) in [6.45, 7) is 0.609. The summed E-state index contributed by atoms with van der Waals surface area (Å²) in [5, 5.41) is 1.07. The number of nitrogens with zero attached hydrogens (tertiary/aromatic N) is 2. The van der Waals surface area contributed by atoms with Gasteiger partial charge in [0.25, 0.3) is 5.91 Å². The molecule has 2 aliphatic rings. The molecule has 34 heavy (non-hydrogen) atoms. The second-order valence-corrected chi connectivity index (χ2v) is 10.4. The lowest BCUT2D eigenvalue weighted by Crippen LogP contribution is -2.36. The minimum Gasteiger partial charge on any atom is -0.461 e. The van der Waals surface area contributed by atoms with Gasteiger partial charge in [0.05, 0.1) is 4.91 Å². The number of esters is 1. The standard InChI is InChI=1S/C27H26N2O3S2/c30-25(32-21-11-5-2-6-12-21)18-29-26(31)24(34-27(29)33)15-20-17-28(16-19-9-3-1-4-10-19)23-14-8-7-13-22(20)23/h1,3-4,7-10,13-15,17,21H,2,5-6,11-12,16,18H2/b24-15-. The Morgan fingerprint density at radius 1 is 1.06 bits per heavy atom. The van der Waals surface area contributed by atoms with Gasteiger partial charge in [-0.3, -0.25) is 14.5 Å². The molecule has 2 fully saturated rings. The molecular weight excluding hydrogens is 464 g/mol. The van der Waals surface area contributed by atoms with Gasteiger partial charge in [-0.05, 0) is 43.4 Å². The van der Waals surface area contributed by atoms with Gasteiger partial charge in [-0.15, -0.1) is 0 Å². The van der Waals surface area contributed by atoms with Crippen molar-refractivity contribution in [2.45, 2.75) is 44.8 Å². The Hall–Kier alpha value is -2.90. The van der Waals surface area contributed by atoms with Crippen LogP contribution in [0.5, 0.6) is 0 Å². The molecule has 0 spiro atoms. The van der Waals surface area contributed by atoms with Gasteiger partial charge >= 0.3 is 5.97 Å². The van der Waals surface area contributed by atoms with E-state index in [1.165, 1.54) is 28.6 Å². The number of rotatable bonds is 6. The third kappa shape index (κ3) is 4.95. The van der Waals surface area contributed by atoms with Crippen LogP contribution in [0.3, 0.4) is 0 Å². The summed E-state index contributed by atoms with van der Waals surface area (Å²) in [7, 11) is 0. The molecule has 0 unspecified atom stereocenters. The third-order valence-electron chi connectivity index (χ3n) is 6.31. The van der Waals surface area contributed by atoms with Gasteiger partial charge in [0, 0.05) is 29.2 Å². The third-order valence-corrected chi connectivity index (χ3v) is 7.69. The molecule has 0 bridgehead atoms. The smallest absolute Gasteiger partial charge is 0.326 e. The maximum Gasteiger partial charge on any atom is 0.326 e. The van der Waals surface area contributed by atoms with E-state index in [4.69, 9.17) is 17.0 Å². The van der Waals surface area contributed by atoms with Crippen LogP contribution in [0.1, 0.15) is 43.2 Å². The quantitative estimate of drug-likeness (QED) is 0.250. The van der Waals surface area contributed by atoms with Crippen LogP contribution >= 0.6 is 24.0 Å². The first-order valence-corrected chi connectivity index (χ1v) is 12.9. The van der Waals surface area contributed by atoms with E-state index in [0.29, 0.717) is 9.23 Å². The monoisotopic (exact) mass is 490 g/mol. The molecule has 0 N–H and O–H groups in total. The Morgan fingerprint density at radius 3 is 2.59 bits per heavy atom. The fraction of sp³-hybridized carbons (Fsp3) is 0.296. The van der Waals surface area contributed by atoms with Crippen LogP contribution in [0.25, 0.3) is 17.0 Å². The fourth-order valence-electron chi connectivity index (χ4n) is 4.61. The van der Waals surface area contributed by atoms with Crippen molar-refractivity contribution in [3.63, 3.8) is 0 Å². The topological polar surface area (TPSA) is 51.5 Å². The lowest BCUT2D eigenvalue weighted by molar-refractivity contribution is -0.152. The molecule has 1 saturated carbocycles. The largest absolute Gasteiger partial charge is 0.461 e. The molecule has 1 aromatic heterocycles. The molecular formula is C27H26N2O3S2. The van der Waals surface area contributed by atoms with Crippen molar-refractivity contribution in [2.24, 2.45) is 0 Å². The predicted octanol–water partition coefficient (Wildman–Crippen LogP) is 5.77. The molecule has 1 aliphatic heterocycles. The summed E-state index contributed by atoms with van der Waals surface area (Å²) >= 11 is 6.67. The molecule has 1 aliphatic carbocycles.